The van der Waals surface area contributed by atoms with Gasteiger partial charge in [-0.3, -0.25) is 9.69 Å². The minimum atomic E-state index is -0.526. The van der Waals surface area contributed by atoms with Gasteiger partial charge in [0, 0.05) is 7.05 Å². The minimum absolute atomic E-state index is 0.203. The van der Waals surface area contributed by atoms with E-state index in [1.807, 2.05) is 31.2 Å². The van der Waals surface area contributed by atoms with Gasteiger partial charge in [-0.15, -0.1) is 0 Å². The smallest absolute Gasteiger partial charge is 0.322 e. The number of rotatable bonds is 1. The fraction of sp³-hybridized carbons (Fsp3) is 0.273. The molecule has 1 heterocycles. The Morgan fingerprint density at radius 1 is 1.33 bits per heavy atom. The van der Waals surface area contributed by atoms with Crippen LogP contribution < -0.4 is 5.32 Å². The molecule has 0 aromatic heterocycles. The molecule has 0 bridgehead atoms. The molecule has 1 saturated heterocycles. The van der Waals surface area contributed by atoms with Crippen LogP contribution in [-0.2, 0) is 4.79 Å². The highest BCUT2D eigenvalue weighted by Crippen LogP contribution is 2.21. The van der Waals surface area contributed by atoms with E-state index in [9.17, 15) is 9.59 Å². The van der Waals surface area contributed by atoms with E-state index in [0.717, 1.165) is 16.0 Å². The third-order valence-corrected chi connectivity index (χ3v) is 2.53. The molecular formula is C11H12N2O2. The largest absolute Gasteiger partial charge is 0.324 e. The van der Waals surface area contributed by atoms with Crippen LogP contribution in [-0.4, -0.2) is 23.9 Å². The fourth-order valence-electron chi connectivity index (χ4n) is 1.65. The molecule has 3 amide bonds. The van der Waals surface area contributed by atoms with Crippen molar-refractivity contribution in [1.29, 1.82) is 0 Å². The molecular weight excluding hydrogens is 192 g/mol. The van der Waals surface area contributed by atoms with E-state index >= 15 is 0 Å². The molecule has 4 nitrogen and oxygen atoms in total. The van der Waals surface area contributed by atoms with Gasteiger partial charge in [0.2, 0.25) is 0 Å². The van der Waals surface area contributed by atoms with Gasteiger partial charge >= 0.3 is 6.03 Å². The van der Waals surface area contributed by atoms with Gasteiger partial charge in [-0.2, -0.15) is 0 Å². The average molecular weight is 204 g/mol. The summed E-state index contributed by atoms with van der Waals surface area (Å²) in [5, 5.41) is 2.63. The fourth-order valence-corrected chi connectivity index (χ4v) is 1.65. The van der Waals surface area contributed by atoms with E-state index in [1.54, 1.807) is 0 Å². The second kappa shape index (κ2) is 3.38. The Morgan fingerprint density at radius 2 is 2.07 bits per heavy atom. The summed E-state index contributed by atoms with van der Waals surface area (Å²) in [6, 6.07) is 6.71. The first-order valence-electron chi connectivity index (χ1n) is 4.74. The molecule has 15 heavy (non-hydrogen) atoms. The van der Waals surface area contributed by atoms with Crippen molar-refractivity contribution in [3.05, 3.63) is 35.4 Å². The number of carbonyl (C=O) groups is 2. The van der Waals surface area contributed by atoms with Gasteiger partial charge in [0.15, 0.2) is 0 Å². The molecule has 1 fully saturated rings. The van der Waals surface area contributed by atoms with Crippen LogP contribution in [0.3, 0.4) is 0 Å². The van der Waals surface area contributed by atoms with Crippen molar-refractivity contribution in [2.45, 2.75) is 13.0 Å². The Bertz CT molecular complexity index is 428. The predicted molar refractivity (Wildman–Crippen MR) is 55.2 cm³/mol. The van der Waals surface area contributed by atoms with Gasteiger partial charge in [-0.1, -0.05) is 29.8 Å². The van der Waals surface area contributed by atoms with Crippen molar-refractivity contribution >= 4 is 11.9 Å². The van der Waals surface area contributed by atoms with Crippen molar-refractivity contribution in [2.24, 2.45) is 0 Å². The number of hydrogen-bond acceptors (Lipinski definition) is 2. The van der Waals surface area contributed by atoms with Crippen LogP contribution in [0, 0.1) is 6.92 Å². The van der Waals surface area contributed by atoms with Crippen LogP contribution in [0.5, 0.6) is 0 Å². The number of imide groups is 1. The normalized spacial score (nSPS) is 20.7. The van der Waals surface area contributed by atoms with Crippen molar-refractivity contribution < 1.29 is 9.59 Å². The lowest BCUT2D eigenvalue weighted by atomic mass is 10.0. The van der Waals surface area contributed by atoms with Crippen LogP contribution in [0.4, 0.5) is 4.79 Å². The zero-order valence-electron chi connectivity index (χ0n) is 8.65. The second-order valence-electron chi connectivity index (χ2n) is 3.69. The molecule has 4 heteroatoms. The van der Waals surface area contributed by atoms with Crippen molar-refractivity contribution in [1.82, 2.24) is 10.2 Å². The van der Waals surface area contributed by atoms with Crippen molar-refractivity contribution in [3.8, 4) is 0 Å². The summed E-state index contributed by atoms with van der Waals surface area (Å²) in [7, 11) is 1.48. The lowest BCUT2D eigenvalue weighted by molar-refractivity contribution is -0.126. The first kappa shape index (κ1) is 9.71. The average Bonchev–Trinajstić information content (AvgIpc) is 2.46. The predicted octanol–water partition coefficient (Wildman–Crippen LogP) is 1.22. The molecule has 1 atom stereocenters. The number of hydrogen-bond donors (Lipinski definition) is 1. The third kappa shape index (κ3) is 1.58. The number of likely N-dealkylation sites (N-methyl/N-ethyl adjacent to an activating group) is 1. The molecule has 1 aromatic rings. The summed E-state index contributed by atoms with van der Waals surface area (Å²) < 4.78 is 0. The summed E-state index contributed by atoms with van der Waals surface area (Å²) in [5.74, 6) is -0.203. The first-order valence-corrected chi connectivity index (χ1v) is 4.74. The molecule has 2 rings (SSSR count). The minimum Gasteiger partial charge on any atom is -0.322 e. The molecule has 0 radical (unpaired) electrons. The molecule has 0 saturated carbocycles. The summed E-state index contributed by atoms with van der Waals surface area (Å²) >= 11 is 0. The molecule has 1 aliphatic heterocycles. The number of aryl methyl sites for hydroxylation is 1. The maximum absolute atomic E-state index is 11.7. The standard InChI is InChI=1S/C11H12N2O2/c1-7-4-3-5-8(6-7)9-10(14)13(2)11(15)12-9/h3-6,9H,1-2H3,(H,12,15). The molecule has 1 N–H and O–H groups in total. The van der Waals surface area contributed by atoms with E-state index in [1.165, 1.54) is 7.05 Å². The van der Waals surface area contributed by atoms with Gasteiger partial charge in [-0.05, 0) is 12.5 Å². The van der Waals surface area contributed by atoms with Crippen LogP contribution >= 0.6 is 0 Å². The van der Waals surface area contributed by atoms with Gasteiger partial charge in [0.25, 0.3) is 5.91 Å². The number of benzene rings is 1. The quantitative estimate of drug-likeness (QED) is 0.699. The monoisotopic (exact) mass is 204 g/mol. The maximum Gasteiger partial charge on any atom is 0.324 e. The topological polar surface area (TPSA) is 49.4 Å². The Balaban J connectivity index is 2.33. The zero-order chi connectivity index (χ0) is 11.0. The molecule has 1 aliphatic rings. The third-order valence-electron chi connectivity index (χ3n) is 2.53. The van der Waals surface area contributed by atoms with Gasteiger partial charge in [0.1, 0.15) is 6.04 Å². The first-order chi connectivity index (χ1) is 7.09. The van der Waals surface area contributed by atoms with Crippen LogP contribution in [0.15, 0.2) is 24.3 Å². The highest BCUT2D eigenvalue weighted by Gasteiger charge is 2.36. The Morgan fingerprint density at radius 3 is 2.60 bits per heavy atom. The Hall–Kier alpha value is -1.84. The lowest BCUT2D eigenvalue weighted by Gasteiger charge is -2.08. The number of urea groups is 1. The molecule has 0 aliphatic carbocycles. The molecule has 1 aromatic carbocycles. The SMILES string of the molecule is Cc1cccc(C2NC(=O)N(C)C2=O)c1. The van der Waals surface area contributed by atoms with Crippen LogP contribution in [0.25, 0.3) is 0 Å². The van der Waals surface area contributed by atoms with Crippen LogP contribution in [0.1, 0.15) is 17.2 Å². The van der Waals surface area contributed by atoms with Crippen molar-refractivity contribution in [3.63, 3.8) is 0 Å². The summed E-state index contributed by atoms with van der Waals surface area (Å²) in [6.45, 7) is 1.95. The maximum atomic E-state index is 11.7. The number of carbonyl (C=O) groups excluding carboxylic acids is 2. The van der Waals surface area contributed by atoms with Gasteiger partial charge < -0.3 is 5.32 Å². The summed E-state index contributed by atoms with van der Waals surface area (Å²) in [5.41, 5.74) is 1.90. The van der Waals surface area contributed by atoms with Gasteiger partial charge in [-0.25, -0.2) is 4.79 Å². The van der Waals surface area contributed by atoms with Gasteiger partial charge in [0.05, 0.1) is 0 Å². The number of nitrogens with one attached hydrogen (secondary N) is 1. The highest BCUT2D eigenvalue weighted by atomic mass is 16.2. The highest BCUT2D eigenvalue weighted by molar-refractivity contribution is 6.04. The zero-order valence-corrected chi connectivity index (χ0v) is 8.65. The van der Waals surface area contributed by atoms with E-state index < -0.39 is 6.04 Å². The van der Waals surface area contributed by atoms with E-state index in [2.05, 4.69) is 5.32 Å². The van der Waals surface area contributed by atoms with Crippen LogP contribution in [0.2, 0.25) is 0 Å². The lowest BCUT2D eigenvalue weighted by Crippen LogP contribution is -2.25. The summed E-state index contributed by atoms with van der Waals surface area (Å²) in [6.07, 6.45) is 0. The van der Waals surface area contributed by atoms with E-state index in [4.69, 9.17) is 0 Å². The summed E-state index contributed by atoms with van der Waals surface area (Å²) in [4.78, 5) is 24.0. The molecule has 1 unspecified atom stereocenters. The molecule has 0 spiro atoms. The van der Waals surface area contributed by atoms with E-state index in [-0.39, 0.29) is 11.9 Å². The van der Waals surface area contributed by atoms with E-state index in [0.29, 0.717) is 0 Å². The van der Waals surface area contributed by atoms with Crippen molar-refractivity contribution in [2.75, 3.05) is 7.05 Å². The second-order valence-corrected chi connectivity index (χ2v) is 3.69. The Labute approximate surface area is 87.9 Å². The number of nitrogens with zero attached hydrogens (tertiary/aromatic N) is 1. The number of amides is 3. The Kier molecular flexibility index (Phi) is 2.19. The molecule has 78 valence electrons.